The second-order valence-electron chi connectivity index (χ2n) is 6.12. The number of rotatable bonds is 4. The molecule has 124 valence electrons. The molecule has 0 spiro atoms. The fourth-order valence-corrected chi connectivity index (χ4v) is 2.75. The van der Waals surface area contributed by atoms with Gasteiger partial charge in [0.05, 0.1) is 17.1 Å². The summed E-state index contributed by atoms with van der Waals surface area (Å²) in [6.45, 7) is 6.35. The van der Waals surface area contributed by atoms with Crippen LogP contribution in [0.4, 0.5) is 17.1 Å². The zero-order chi connectivity index (χ0) is 17.6. The van der Waals surface area contributed by atoms with Crippen molar-refractivity contribution in [3.05, 3.63) is 89.0 Å². The van der Waals surface area contributed by atoms with E-state index in [0.29, 0.717) is 0 Å². The van der Waals surface area contributed by atoms with Gasteiger partial charge in [-0.3, -0.25) is 4.99 Å². The van der Waals surface area contributed by atoms with Crippen LogP contribution in [0.25, 0.3) is 0 Å². The van der Waals surface area contributed by atoms with Crippen molar-refractivity contribution in [2.75, 3.05) is 0 Å². The van der Waals surface area contributed by atoms with E-state index in [9.17, 15) is 0 Å². The first-order chi connectivity index (χ1) is 12.1. The third-order valence-electron chi connectivity index (χ3n) is 3.97. The average Bonchev–Trinajstić information content (AvgIpc) is 2.61. The Kier molecular flexibility index (Phi) is 5.14. The van der Waals surface area contributed by atoms with Gasteiger partial charge in [0.2, 0.25) is 0 Å². The topological polar surface area (TPSA) is 37.1 Å². The van der Waals surface area contributed by atoms with E-state index in [1.807, 2.05) is 60.8 Å². The number of aliphatic imine (C=N–C) groups is 1. The van der Waals surface area contributed by atoms with Crippen molar-refractivity contribution < 1.29 is 0 Å². The average molecular weight is 327 g/mol. The van der Waals surface area contributed by atoms with Crippen LogP contribution in [0, 0.1) is 20.8 Å². The van der Waals surface area contributed by atoms with Gasteiger partial charge in [-0.25, -0.2) is 0 Å². The summed E-state index contributed by atoms with van der Waals surface area (Å²) >= 11 is 0. The minimum absolute atomic E-state index is 0.811. The molecule has 3 nitrogen and oxygen atoms in total. The molecule has 3 aromatic rings. The van der Waals surface area contributed by atoms with Gasteiger partial charge in [-0.1, -0.05) is 35.9 Å². The number of benzene rings is 3. The fourth-order valence-electron chi connectivity index (χ4n) is 2.75. The van der Waals surface area contributed by atoms with Gasteiger partial charge in [-0.2, -0.15) is 10.2 Å². The van der Waals surface area contributed by atoms with Crippen LogP contribution in [0.2, 0.25) is 0 Å². The summed E-state index contributed by atoms with van der Waals surface area (Å²) in [6.07, 6.45) is 1.94. The molecule has 0 aromatic heterocycles. The molecule has 0 bridgehead atoms. The summed E-state index contributed by atoms with van der Waals surface area (Å²) in [7, 11) is 0. The molecule has 0 unspecified atom stereocenters. The molecule has 3 heteroatoms. The smallest absolute Gasteiger partial charge is 0.0858 e. The molecule has 3 rings (SSSR count). The molecule has 25 heavy (non-hydrogen) atoms. The van der Waals surface area contributed by atoms with Crippen LogP contribution in [-0.4, -0.2) is 6.21 Å². The molecule has 0 fully saturated rings. The van der Waals surface area contributed by atoms with Gasteiger partial charge in [0, 0.05) is 6.21 Å². The Balaban J connectivity index is 1.74. The highest BCUT2D eigenvalue weighted by atomic mass is 15.1. The van der Waals surface area contributed by atoms with Crippen molar-refractivity contribution in [3.63, 3.8) is 0 Å². The second kappa shape index (κ2) is 7.67. The normalized spacial score (nSPS) is 11.5. The highest BCUT2D eigenvalue weighted by Crippen LogP contribution is 2.22. The van der Waals surface area contributed by atoms with E-state index in [4.69, 9.17) is 0 Å². The number of nitrogens with zero attached hydrogens (tertiary/aromatic N) is 3. The Labute approximate surface area is 148 Å². The van der Waals surface area contributed by atoms with Crippen LogP contribution in [0.5, 0.6) is 0 Å². The quantitative estimate of drug-likeness (QED) is 0.374. The highest BCUT2D eigenvalue weighted by Gasteiger charge is 2.01. The Morgan fingerprint density at radius 1 is 0.640 bits per heavy atom. The lowest BCUT2D eigenvalue weighted by atomic mass is 10.0. The third kappa shape index (κ3) is 4.48. The summed E-state index contributed by atoms with van der Waals surface area (Å²) in [4.78, 5) is 4.59. The molecule has 0 saturated carbocycles. The fraction of sp³-hybridized carbons (Fsp3) is 0.136. The first kappa shape index (κ1) is 16.8. The van der Waals surface area contributed by atoms with Crippen molar-refractivity contribution in [2.24, 2.45) is 15.2 Å². The Bertz CT molecular complexity index is 885. The molecule has 0 aliphatic rings. The largest absolute Gasteiger partial charge is 0.256 e. The minimum Gasteiger partial charge on any atom is -0.256 e. The molecule has 0 heterocycles. The van der Waals surface area contributed by atoms with E-state index in [-0.39, 0.29) is 0 Å². The first-order valence-electron chi connectivity index (χ1n) is 8.30. The van der Waals surface area contributed by atoms with Gasteiger partial charge in [0.15, 0.2) is 0 Å². The maximum absolute atomic E-state index is 4.59. The van der Waals surface area contributed by atoms with Crippen molar-refractivity contribution >= 4 is 23.3 Å². The van der Waals surface area contributed by atoms with E-state index < -0.39 is 0 Å². The van der Waals surface area contributed by atoms with Crippen molar-refractivity contribution in [2.45, 2.75) is 20.8 Å². The van der Waals surface area contributed by atoms with E-state index >= 15 is 0 Å². The first-order valence-corrected chi connectivity index (χ1v) is 8.30. The molecule has 0 atom stereocenters. The monoisotopic (exact) mass is 327 g/mol. The van der Waals surface area contributed by atoms with Crippen molar-refractivity contribution in [3.8, 4) is 0 Å². The highest BCUT2D eigenvalue weighted by molar-refractivity contribution is 5.85. The molecule has 0 saturated heterocycles. The molecule has 0 aliphatic heterocycles. The molecule has 0 amide bonds. The summed E-state index contributed by atoms with van der Waals surface area (Å²) in [5, 5.41) is 8.46. The lowest BCUT2D eigenvalue weighted by molar-refractivity contribution is 1.23. The molecule has 0 N–H and O–H groups in total. The zero-order valence-corrected chi connectivity index (χ0v) is 14.8. The maximum Gasteiger partial charge on any atom is 0.0858 e. The van der Waals surface area contributed by atoms with Crippen LogP contribution < -0.4 is 0 Å². The van der Waals surface area contributed by atoms with Crippen LogP contribution >= 0.6 is 0 Å². The predicted molar refractivity (Wildman–Crippen MR) is 105 cm³/mol. The lowest BCUT2D eigenvalue weighted by Gasteiger charge is -2.06. The SMILES string of the molecule is Cc1cc(C)c(C=Nc2ccc(N=Nc3ccccc3)cc2)c(C)c1. The van der Waals surface area contributed by atoms with Crippen molar-refractivity contribution in [1.82, 2.24) is 0 Å². The summed E-state index contributed by atoms with van der Waals surface area (Å²) in [5.41, 5.74) is 7.50. The lowest BCUT2D eigenvalue weighted by Crippen LogP contribution is -1.93. The Morgan fingerprint density at radius 2 is 1.16 bits per heavy atom. The predicted octanol–water partition coefficient (Wildman–Crippen LogP) is 6.78. The maximum atomic E-state index is 4.59. The van der Waals surface area contributed by atoms with Crippen LogP contribution in [0.3, 0.4) is 0 Å². The Morgan fingerprint density at radius 3 is 1.76 bits per heavy atom. The molecular weight excluding hydrogens is 306 g/mol. The Hall–Kier alpha value is -3.07. The van der Waals surface area contributed by atoms with E-state index in [2.05, 4.69) is 48.1 Å². The van der Waals surface area contributed by atoms with E-state index in [1.54, 1.807) is 0 Å². The van der Waals surface area contributed by atoms with Crippen LogP contribution in [0.1, 0.15) is 22.3 Å². The van der Waals surface area contributed by atoms with Gasteiger partial charge in [0.1, 0.15) is 0 Å². The number of azo groups is 1. The second-order valence-corrected chi connectivity index (χ2v) is 6.12. The van der Waals surface area contributed by atoms with Crippen molar-refractivity contribution in [1.29, 1.82) is 0 Å². The molecule has 0 aliphatic carbocycles. The molecule has 0 radical (unpaired) electrons. The van der Waals surface area contributed by atoms with Gasteiger partial charge in [-0.15, -0.1) is 0 Å². The van der Waals surface area contributed by atoms with E-state index in [0.717, 1.165) is 17.1 Å². The minimum atomic E-state index is 0.811. The van der Waals surface area contributed by atoms with Gasteiger partial charge >= 0.3 is 0 Å². The third-order valence-corrected chi connectivity index (χ3v) is 3.97. The standard InChI is InChI=1S/C22H21N3/c1-16-13-17(2)22(18(3)14-16)15-23-19-9-11-21(12-10-19)25-24-20-7-5-4-6-8-20/h4-15H,1-3H3. The summed E-state index contributed by atoms with van der Waals surface area (Å²) in [5.74, 6) is 0. The summed E-state index contributed by atoms with van der Waals surface area (Å²) < 4.78 is 0. The van der Waals surface area contributed by atoms with Gasteiger partial charge in [-0.05, 0) is 73.9 Å². The van der Waals surface area contributed by atoms with Crippen LogP contribution in [0.15, 0.2) is 82.0 Å². The number of hydrogen-bond acceptors (Lipinski definition) is 3. The number of aryl methyl sites for hydroxylation is 3. The number of hydrogen-bond donors (Lipinski definition) is 0. The van der Waals surface area contributed by atoms with Gasteiger partial charge in [0.25, 0.3) is 0 Å². The van der Waals surface area contributed by atoms with E-state index in [1.165, 1.54) is 22.3 Å². The summed E-state index contributed by atoms with van der Waals surface area (Å²) in [6, 6.07) is 21.8. The molecule has 3 aromatic carbocycles. The van der Waals surface area contributed by atoms with Gasteiger partial charge < -0.3 is 0 Å². The zero-order valence-electron chi connectivity index (χ0n) is 14.8. The molecular formula is C22H21N3. The van der Waals surface area contributed by atoms with Crippen LogP contribution in [-0.2, 0) is 0 Å².